The van der Waals surface area contributed by atoms with Crippen LogP contribution in [0.4, 0.5) is 0 Å². The van der Waals surface area contributed by atoms with Gasteiger partial charge in [0.15, 0.2) is 0 Å². The summed E-state index contributed by atoms with van der Waals surface area (Å²) in [5.41, 5.74) is 16.1. The highest BCUT2D eigenvalue weighted by Crippen LogP contribution is 2.58. The van der Waals surface area contributed by atoms with Crippen molar-refractivity contribution in [3.8, 4) is 44.5 Å². The zero-order valence-corrected chi connectivity index (χ0v) is 36.5. The Morgan fingerprint density at radius 3 is 1.25 bits per heavy atom. The Bertz CT molecular complexity index is 3760. The van der Waals surface area contributed by atoms with Gasteiger partial charge in [0.2, 0.25) is 0 Å². The fourth-order valence-corrected chi connectivity index (χ4v) is 13.7. The normalized spacial score (nSPS) is 14.0. The molecular weight excluding hydrogens is 809 g/mol. The van der Waals surface area contributed by atoms with E-state index in [1.54, 1.807) is 0 Å². The van der Waals surface area contributed by atoms with Crippen LogP contribution < -0.4 is 0 Å². The lowest BCUT2D eigenvalue weighted by Crippen LogP contribution is -2.05. The summed E-state index contributed by atoms with van der Waals surface area (Å²) in [6.45, 7) is 0. The fourth-order valence-electron chi connectivity index (χ4n) is 11.3. The first kappa shape index (κ1) is 36.4. The molecule has 0 amide bonds. The van der Waals surface area contributed by atoms with E-state index in [9.17, 15) is 0 Å². The van der Waals surface area contributed by atoms with Crippen LogP contribution in [-0.2, 0) is 0 Å². The van der Waals surface area contributed by atoms with E-state index in [0.717, 1.165) is 12.8 Å². The van der Waals surface area contributed by atoms with Gasteiger partial charge in [-0.25, -0.2) is 0 Å². The van der Waals surface area contributed by atoms with Crippen molar-refractivity contribution in [2.45, 2.75) is 27.5 Å². The number of hydrogen-bond donors (Lipinski definition) is 0. The molecule has 2 heterocycles. The van der Waals surface area contributed by atoms with Crippen LogP contribution in [-0.4, -0.2) is 0 Å². The average Bonchev–Trinajstić information content (AvgIpc) is 3.36. The van der Waals surface area contributed by atoms with Crippen molar-refractivity contribution >= 4 is 88.5 Å². The Hall–Kier alpha value is -7.10. The maximum absolute atomic E-state index is 2.54. The molecule has 0 saturated carbocycles. The maximum Gasteiger partial charge on any atom is 0.0208 e. The highest BCUT2D eigenvalue weighted by molar-refractivity contribution is 8.03. The lowest BCUT2D eigenvalue weighted by Gasteiger charge is -2.30. The summed E-state index contributed by atoms with van der Waals surface area (Å²) in [5, 5.41) is 13.3. The monoisotopic (exact) mass is 846 g/mol. The topological polar surface area (TPSA) is 0 Å². The molecule has 0 N–H and O–H groups in total. The van der Waals surface area contributed by atoms with Gasteiger partial charge in [-0.3, -0.25) is 0 Å². The number of benzene rings is 11. The number of allylic oxidation sites excluding steroid dienone is 3. The molecule has 3 aliphatic rings. The smallest absolute Gasteiger partial charge is 0.0208 e. The Kier molecular flexibility index (Phi) is 8.08. The van der Waals surface area contributed by atoms with Crippen LogP contribution in [0.1, 0.15) is 24.0 Å². The van der Waals surface area contributed by atoms with Crippen LogP contribution in [0.25, 0.3) is 110 Å². The molecule has 14 rings (SSSR count). The molecule has 0 saturated heterocycles. The van der Waals surface area contributed by atoms with Crippen molar-refractivity contribution in [2.75, 3.05) is 0 Å². The molecule has 64 heavy (non-hydrogen) atoms. The Morgan fingerprint density at radius 2 is 0.719 bits per heavy atom. The van der Waals surface area contributed by atoms with E-state index >= 15 is 0 Å². The van der Waals surface area contributed by atoms with Crippen molar-refractivity contribution in [1.29, 1.82) is 0 Å². The molecule has 0 aromatic heterocycles. The summed E-state index contributed by atoms with van der Waals surface area (Å²) >= 11 is 3.91. The molecule has 11 aromatic rings. The number of fused-ring (bicyclic) bond motifs is 7. The minimum atomic E-state index is 1.01. The van der Waals surface area contributed by atoms with Crippen LogP contribution in [0.2, 0.25) is 0 Å². The van der Waals surface area contributed by atoms with Gasteiger partial charge in [0.1, 0.15) is 0 Å². The van der Waals surface area contributed by atoms with Crippen molar-refractivity contribution in [1.82, 2.24) is 0 Å². The van der Waals surface area contributed by atoms with E-state index in [1.807, 2.05) is 23.5 Å². The third kappa shape index (κ3) is 5.34. The van der Waals surface area contributed by atoms with Gasteiger partial charge in [-0.15, -0.1) is 0 Å². The zero-order chi connectivity index (χ0) is 41.9. The Balaban J connectivity index is 0.898. The van der Waals surface area contributed by atoms with E-state index in [2.05, 4.69) is 206 Å². The van der Waals surface area contributed by atoms with E-state index in [1.165, 1.54) is 140 Å². The fraction of sp³-hybridized carbons (Fsp3) is 0.0323. The molecule has 0 unspecified atom stereocenters. The molecule has 11 aromatic carbocycles. The average molecular weight is 847 g/mol. The van der Waals surface area contributed by atoms with E-state index < -0.39 is 0 Å². The van der Waals surface area contributed by atoms with Crippen molar-refractivity contribution in [3.05, 3.63) is 222 Å². The second-order valence-electron chi connectivity index (χ2n) is 17.3. The van der Waals surface area contributed by atoms with Crippen LogP contribution in [0, 0.1) is 0 Å². The number of thioether (sulfide) groups is 1. The van der Waals surface area contributed by atoms with Crippen molar-refractivity contribution in [2.24, 2.45) is 0 Å². The van der Waals surface area contributed by atoms with Gasteiger partial charge in [-0.05, 0) is 147 Å². The molecule has 0 atom stereocenters. The zero-order valence-electron chi connectivity index (χ0n) is 34.9. The van der Waals surface area contributed by atoms with Gasteiger partial charge in [-0.2, -0.15) is 0 Å². The Morgan fingerprint density at radius 1 is 0.297 bits per heavy atom. The Labute approximate surface area is 380 Å². The van der Waals surface area contributed by atoms with E-state index in [0.29, 0.717) is 0 Å². The van der Waals surface area contributed by atoms with Crippen molar-refractivity contribution < 1.29 is 0 Å². The highest BCUT2D eigenvalue weighted by Gasteiger charge is 2.30. The molecule has 1 aliphatic carbocycles. The number of rotatable bonds is 4. The van der Waals surface area contributed by atoms with E-state index in [4.69, 9.17) is 0 Å². The van der Waals surface area contributed by atoms with Gasteiger partial charge < -0.3 is 0 Å². The summed E-state index contributed by atoms with van der Waals surface area (Å²) in [5.74, 6) is 0. The molecule has 0 nitrogen and oxygen atoms in total. The van der Waals surface area contributed by atoms with Gasteiger partial charge in [0.25, 0.3) is 0 Å². The second kappa shape index (κ2) is 14.2. The molecule has 0 radical (unpaired) electrons. The first-order chi connectivity index (χ1) is 31.8. The van der Waals surface area contributed by atoms with Crippen LogP contribution in [0.15, 0.2) is 226 Å². The highest BCUT2D eigenvalue weighted by atomic mass is 32.2. The molecule has 0 spiro atoms. The number of hydrogen-bond acceptors (Lipinski definition) is 2. The summed E-state index contributed by atoms with van der Waals surface area (Å²) in [4.78, 5) is 5.42. The van der Waals surface area contributed by atoms with Crippen LogP contribution in [0.5, 0.6) is 0 Å². The van der Waals surface area contributed by atoms with Crippen molar-refractivity contribution in [3.63, 3.8) is 0 Å². The lowest BCUT2D eigenvalue weighted by atomic mass is 9.81. The van der Waals surface area contributed by atoms with Gasteiger partial charge >= 0.3 is 0 Å². The largest absolute Gasteiger partial charge is 0.0891 e. The third-order valence-corrected chi connectivity index (χ3v) is 16.2. The first-order valence-corrected chi connectivity index (χ1v) is 23.9. The van der Waals surface area contributed by atoms with Gasteiger partial charge in [-0.1, -0.05) is 206 Å². The summed E-state index contributed by atoms with van der Waals surface area (Å²) in [6, 6.07) is 74.7. The molecular formula is C62H38S2. The predicted octanol–water partition coefficient (Wildman–Crippen LogP) is 18.3. The molecule has 0 bridgehead atoms. The minimum Gasteiger partial charge on any atom is -0.0891 e. The molecule has 298 valence electrons. The standard InChI is InChI=1S/C62H38S2/c1-3-15-37(16-4-1)57-43-19-7-11-23-47(43)59(48-24-12-8-20-44(48)57)39-27-29-41-51-31-32-52-42-30-28-40(36-56(42)64-54-34-33-53(61(51)62(52)54)63-55(41)35-39)60-49-25-13-9-21-45(49)58(38-17-5-2-6-18-38)46-22-10-14-26-50(46)60/h1-27,29,31-36H,28,30H2. The summed E-state index contributed by atoms with van der Waals surface area (Å²) in [7, 11) is 0. The molecule has 2 heteroatoms. The molecule has 0 fully saturated rings. The SMILES string of the molecule is C1=C(c2c3ccccc3c(-c3ccccc3)c3ccccc23)CCC2=C1Sc1ccc3c4c(ccc2c14)-c1ccc(-c2c4ccccc4c(-c4ccccc4)c4ccccc24)cc1S3. The summed E-state index contributed by atoms with van der Waals surface area (Å²) < 4.78 is 0. The van der Waals surface area contributed by atoms with Crippen LogP contribution >= 0.6 is 23.5 Å². The van der Waals surface area contributed by atoms with Crippen LogP contribution in [0.3, 0.4) is 0 Å². The minimum absolute atomic E-state index is 1.01. The lowest BCUT2D eigenvalue weighted by molar-refractivity contribution is 1.07. The predicted molar refractivity (Wildman–Crippen MR) is 276 cm³/mol. The molecule has 2 aliphatic heterocycles. The van der Waals surface area contributed by atoms with E-state index in [-0.39, 0.29) is 0 Å². The van der Waals surface area contributed by atoms with Gasteiger partial charge in [0, 0.05) is 30.4 Å². The van der Waals surface area contributed by atoms with Gasteiger partial charge in [0.05, 0.1) is 0 Å². The maximum atomic E-state index is 2.54. The first-order valence-electron chi connectivity index (χ1n) is 22.3. The second-order valence-corrected chi connectivity index (χ2v) is 19.5. The summed E-state index contributed by atoms with van der Waals surface area (Å²) in [6.07, 6.45) is 4.56. The third-order valence-electron chi connectivity index (χ3n) is 14.0. The quantitative estimate of drug-likeness (QED) is 0.162.